The lowest BCUT2D eigenvalue weighted by atomic mass is 10.0. The Morgan fingerprint density at radius 2 is 1.92 bits per heavy atom. The Morgan fingerprint density at radius 1 is 1.24 bits per heavy atom. The maximum absolute atomic E-state index is 5.51. The highest BCUT2D eigenvalue weighted by Gasteiger charge is 2.41. The number of ether oxygens (including phenoxy) is 1. The second-order valence-corrected chi connectivity index (χ2v) is 7.09. The van der Waals surface area contributed by atoms with E-state index >= 15 is 0 Å². The average molecular weight is 468 g/mol. The Hall–Kier alpha value is -0.0800. The first-order valence-electron chi connectivity index (χ1n) is 9.86. The van der Waals surface area contributed by atoms with E-state index in [-0.39, 0.29) is 24.0 Å². The van der Waals surface area contributed by atoms with E-state index < -0.39 is 0 Å². The monoisotopic (exact) mass is 468 g/mol. The zero-order chi connectivity index (χ0) is 17.8. The zero-order valence-corrected chi connectivity index (χ0v) is 19.4. The fraction of sp³-hybridized carbons (Fsp3) is 0.947. The average Bonchev–Trinajstić information content (AvgIpc) is 3.36. The fourth-order valence-electron chi connectivity index (χ4n) is 3.06. The van der Waals surface area contributed by atoms with Crippen LogP contribution < -0.4 is 10.6 Å². The number of hydrogen-bond acceptors (Lipinski definition) is 3. The Labute approximate surface area is 172 Å². The van der Waals surface area contributed by atoms with Gasteiger partial charge in [0.25, 0.3) is 0 Å². The van der Waals surface area contributed by atoms with Gasteiger partial charge in [-0.15, -0.1) is 24.0 Å². The molecule has 0 radical (unpaired) electrons. The molecule has 25 heavy (non-hydrogen) atoms. The molecule has 1 fully saturated rings. The van der Waals surface area contributed by atoms with Crippen molar-refractivity contribution >= 4 is 29.9 Å². The lowest BCUT2D eigenvalue weighted by Crippen LogP contribution is -2.44. The van der Waals surface area contributed by atoms with Crippen LogP contribution >= 0.6 is 24.0 Å². The Bertz CT molecular complexity index is 357. The molecule has 1 saturated carbocycles. The van der Waals surface area contributed by atoms with Gasteiger partial charge >= 0.3 is 0 Å². The zero-order valence-electron chi connectivity index (χ0n) is 17.1. The lowest BCUT2D eigenvalue weighted by Gasteiger charge is -2.22. The number of halogens is 1. The molecular weight excluding hydrogens is 427 g/mol. The molecule has 0 aromatic rings. The van der Waals surface area contributed by atoms with Gasteiger partial charge in [0.15, 0.2) is 5.96 Å². The number of rotatable bonds is 13. The molecule has 0 aromatic heterocycles. The van der Waals surface area contributed by atoms with Gasteiger partial charge in [0.2, 0.25) is 0 Å². The normalized spacial score (nSPS) is 17.1. The van der Waals surface area contributed by atoms with Gasteiger partial charge < -0.3 is 20.3 Å². The van der Waals surface area contributed by atoms with E-state index in [1.165, 1.54) is 32.2 Å². The largest absolute Gasteiger partial charge is 0.382 e. The van der Waals surface area contributed by atoms with Crippen LogP contribution in [0.15, 0.2) is 4.99 Å². The molecule has 0 aromatic carbocycles. The molecule has 1 rings (SSSR count). The number of guanidine groups is 1. The molecule has 0 spiro atoms. The van der Waals surface area contributed by atoms with Gasteiger partial charge in [-0.1, -0.05) is 13.8 Å². The second-order valence-electron chi connectivity index (χ2n) is 7.09. The number of nitrogens with zero attached hydrogens (tertiary/aromatic N) is 2. The third kappa shape index (κ3) is 10.6. The van der Waals surface area contributed by atoms with Crippen LogP contribution in [0.2, 0.25) is 0 Å². The van der Waals surface area contributed by atoms with Crippen molar-refractivity contribution in [2.24, 2.45) is 10.4 Å². The highest BCUT2D eigenvalue weighted by molar-refractivity contribution is 14.0. The van der Waals surface area contributed by atoms with E-state index in [1.54, 1.807) is 0 Å². The molecule has 2 N–H and O–H groups in total. The maximum Gasteiger partial charge on any atom is 0.191 e. The van der Waals surface area contributed by atoms with Crippen LogP contribution in [0.4, 0.5) is 0 Å². The van der Waals surface area contributed by atoms with Crippen LogP contribution in [-0.4, -0.2) is 63.3 Å². The second kappa shape index (κ2) is 14.0. The summed E-state index contributed by atoms with van der Waals surface area (Å²) >= 11 is 0. The van der Waals surface area contributed by atoms with Gasteiger partial charge in [0, 0.05) is 32.8 Å². The van der Waals surface area contributed by atoms with Crippen molar-refractivity contribution in [2.45, 2.75) is 65.8 Å². The Morgan fingerprint density at radius 3 is 2.44 bits per heavy atom. The minimum atomic E-state index is 0. The van der Waals surface area contributed by atoms with Crippen molar-refractivity contribution in [2.75, 3.05) is 46.4 Å². The molecule has 150 valence electrons. The van der Waals surface area contributed by atoms with Crippen LogP contribution in [0.1, 0.15) is 59.8 Å². The van der Waals surface area contributed by atoms with Crippen LogP contribution in [0.3, 0.4) is 0 Å². The van der Waals surface area contributed by atoms with Crippen molar-refractivity contribution in [3.05, 3.63) is 0 Å². The summed E-state index contributed by atoms with van der Waals surface area (Å²) in [5.41, 5.74) is 0.443. The summed E-state index contributed by atoms with van der Waals surface area (Å²) in [5, 5.41) is 7.06. The number of aliphatic imine (C=N–C) groups is 1. The van der Waals surface area contributed by atoms with E-state index in [0.29, 0.717) is 11.5 Å². The van der Waals surface area contributed by atoms with E-state index in [1.807, 2.05) is 7.05 Å². The molecule has 1 unspecified atom stereocenters. The Balaban J connectivity index is 0.00000576. The predicted octanol–water partition coefficient (Wildman–Crippen LogP) is 3.49. The Kier molecular flexibility index (Phi) is 14.0. The van der Waals surface area contributed by atoms with Gasteiger partial charge in [0.1, 0.15) is 0 Å². The maximum atomic E-state index is 5.51. The molecule has 1 aliphatic carbocycles. The van der Waals surface area contributed by atoms with E-state index in [0.717, 1.165) is 45.2 Å². The van der Waals surface area contributed by atoms with E-state index in [9.17, 15) is 0 Å². The van der Waals surface area contributed by atoms with Crippen LogP contribution in [0.5, 0.6) is 0 Å². The molecule has 0 heterocycles. The molecule has 5 nitrogen and oxygen atoms in total. The lowest BCUT2D eigenvalue weighted by molar-refractivity contribution is 0.128. The summed E-state index contributed by atoms with van der Waals surface area (Å²) in [7, 11) is 1.86. The first-order valence-corrected chi connectivity index (χ1v) is 9.86. The molecule has 6 heteroatoms. The summed E-state index contributed by atoms with van der Waals surface area (Å²) in [5.74, 6) is 0.938. The summed E-state index contributed by atoms with van der Waals surface area (Å²) < 4.78 is 5.51. The summed E-state index contributed by atoms with van der Waals surface area (Å²) in [6, 6.07) is 0.449. The van der Waals surface area contributed by atoms with Crippen molar-refractivity contribution < 1.29 is 4.74 Å². The summed E-state index contributed by atoms with van der Waals surface area (Å²) in [6.45, 7) is 15.0. The standard InChI is InChI=1S/C19H40N4O.HI/c1-6-23(7-2)14-9-10-17(4)22-18(20-5)21-16-19(11-12-19)13-15-24-8-3;/h17H,6-16H2,1-5H3,(H2,20,21,22);1H. The molecule has 0 aliphatic heterocycles. The van der Waals surface area contributed by atoms with Gasteiger partial charge in [0.05, 0.1) is 0 Å². The van der Waals surface area contributed by atoms with Crippen LogP contribution in [-0.2, 0) is 4.74 Å². The first kappa shape index (κ1) is 24.9. The van der Waals surface area contributed by atoms with Crippen LogP contribution in [0, 0.1) is 5.41 Å². The highest BCUT2D eigenvalue weighted by Crippen LogP contribution is 2.48. The topological polar surface area (TPSA) is 48.9 Å². The molecule has 0 amide bonds. The van der Waals surface area contributed by atoms with Crippen molar-refractivity contribution in [3.63, 3.8) is 0 Å². The van der Waals surface area contributed by atoms with Gasteiger partial charge in [-0.2, -0.15) is 0 Å². The summed E-state index contributed by atoms with van der Waals surface area (Å²) in [4.78, 5) is 6.86. The minimum Gasteiger partial charge on any atom is -0.382 e. The predicted molar refractivity (Wildman–Crippen MR) is 119 cm³/mol. The number of nitrogens with one attached hydrogen (secondary N) is 2. The highest BCUT2D eigenvalue weighted by atomic mass is 127. The fourth-order valence-corrected chi connectivity index (χ4v) is 3.06. The molecule has 1 atom stereocenters. The van der Waals surface area contributed by atoms with Crippen molar-refractivity contribution in [1.29, 1.82) is 0 Å². The quantitative estimate of drug-likeness (QED) is 0.188. The van der Waals surface area contributed by atoms with E-state index in [2.05, 4.69) is 48.2 Å². The SMILES string of the molecule is CCOCCC1(CNC(=NC)NC(C)CCCN(CC)CC)CC1.I. The van der Waals surface area contributed by atoms with Gasteiger partial charge in [-0.25, -0.2) is 0 Å². The van der Waals surface area contributed by atoms with Crippen molar-refractivity contribution in [1.82, 2.24) is 15.5 Å². The van der Waals surface area contributed by atoms with Crippen LogP contribution in [0.25, 0.3) is 0 Å². The van der Waals surface area contributed by atoms with Gasteiger partial charge in [-0.05, 0) is 71.0 Å². The first-order chi connectivity index (χ1) is 11.6. The van der Waals surface area contributed by atoms with E-state index in [4.69, 9.17) is 4.74 Å². The smallest absolute Gasteiger partial charge is 0.191 e. The minimum absolute atomic E-state index is 0. The molecular formula is C19H41IN4O. The molecule has 0 saturated heterocycles. The van der Waals surface area contributed by atoms with Crippen molar-refractivity contribution in [3.8, 4) is 0 Å². The molecule has 1 aliphatic rings. The number of hydrogen-bond donors (Lipinski definition) is 2. The third-order valence-corrected chi connectivity index (χ3v) is 5.18. The summed E-state index contributed by atoms with van der Waals surface area (Å²) in [6.07, 6.45) is 6.18. The van der Waals surface area contributed by atoms with Gasteiger partial charge in [-0.3, -0.25) is 4.99 Å². The third-order valence-electron chi connectivity index (χ3n) is 5.18. The molecule has 0 bridgehead atoms.